The van der Waals surface area contributed by atoms with Gasteiger partial charge in [-0.3, -0.25) is 0 Å². The smallest absolute Gasteiger partial charge is 0.122 e. The predicted molar refractivity (Wildman–Crippen MR) is 72.4 cm³/mol. The van der Waals surface area contributed by atoms with Crippen molar-refractivity contribution >= 4 is 0 Å². The minimum Gasteiger partial charge on any atom is -0.497 e. The van der Waals surface area contributed by atoms with E-state index in [1.54, 1.807) is 14.2 Å². The molecule has 4 nitrogen and oxygen atoms in total. The lowest BCUT2D eigenvalue weighted by Crippen LogP contribution is -2.43. The Labute approximate surface area is 109 Å². The predicted octanol–water partition coefficient (Wildman–Crippen LogP) is 1.61. The highest BCUT2D eigenvalue weighted by molar-refractivity contribution is 5.40. The van der Waals surface area contributed by atoms with Gasteiger partial charge in [0.15, 0.2) is 0 Å². The van der Waals surface area contributed by atoms with Crippen molar-refractivity contribution in [1.29, 1.82) is 0 Å². The average Bonchev–Trinajstić information content (AvgIpc) is 2.38. The molecule has 0 heterocycles. The Bertz CT molecular complexity index is 377. The van der Waals surface area contributed by atoms with Gasteiger partial charge in [-0.2, -0.15) is 0 Å². The van der Waals surface area contributed by atoms with Gasteiger partial charge in [-0.1, -0.05) is 0 Å². The highest BCUT2D eigenvalue weighted by atomic mass is 16.5. The first-order valence-electron chi connectivity index (χ1n) is 6.09. The van der Waals surface area contributed by atoms with Crippen molar-refractivity contribution in [2.24, 2.45) is 0 Å². The van der Waals surface area contributed by atoms with Crippen molar-refractivity contribution in [3.05, 3.63) is 23.8 Å². The zero-order valence-corrected chi connectivity index (χ0v) is 11.6. The molecule has 4 heteroatoms. The minimum atomic E-state index is -0.258. The van der Waals surface area contributed by atoms with Crippen LogP contribution in [0.1, 0.15) is 19.4 Å². The van der Waals surface area contributed by atoms with Gasteiger partial charge in [0.25, 0.3) is 0 Å². The van der Waals surface area contributed by atoms with E-state index in [1.807, 2.05) is 32.0 Å². The number of benzene rings is 1. The second kappa shape index (κ2) is 6.61. The number of methoxy groups -OCH3 is 2. The van der Waals surface area contributed by atoms with E-state index in [2.05, 4.69) is 5.32 Å². The summed E-state index contributed by atoms with van der Waals surface area (Å²) in [4.78, 5) is 0. The summed E-state index contributed by atoms with van der Waals surface area (Å²) in [5.74, 6) is 1.69. The lowest BCUT2D eigenvalue weighted by atomic mass is 10.1. The maximum Gasteiger partial charge on any atom is 0.122 e. The molecule has 0 aliphatic rings. The highest BCUT2D eigenvalue weighted by Crippen LogP contribution is 2.24. The summed E-state index contributed by atoms with van der Waals surface area (Å²) in [5.41, 5.74) is 0.838. The number of aliphatic hydroxyl groups excluding tert-OH is 1. The molecule has 2 N–H and O–H groups in total. The summed E-state index contributed by atoms with van der Waals surface area (Å²) in [7, 11) is 3.31. The molecule has 0 unspecified atom stereocenters. The molecule has 0 atom stereocenters. The van der Waals surface area contributed by atoms with Crippen LogP contribution in [0.4, 0.5) is 0 Å². The van der Waals surface area contributed by atoms with Crippen molar-refractivity contribution in [3.8, 4) is 11.5 Å². The number of nitrogens with one attached hydrogen (secondary N) is 1. The van der Waals surface area contributed by atoms with E-state index in [4.69, 9.17) is 14.6 Å². The van der Waals surface area contributed by atoms with Gasteiger partial charge < -0.3 is 19.9 Å². The first-order chi connectivity index (χ1) is 8.52. The molecule has 0 bridgehead atoms. The highest BCUT2D eigenvalue weighted by Gasteiger charge is 2.15. The second-order valence-corrected chi connectivity index (χ2v) is 4.90. The zero-order valence-electron chi connectivity index (χ0n) is 11.6. The Balaban J connectivity index is 2.65. The van der Waals surface area contributed by atoms with Crippen LogP contribution in [0.5, 0.6) is 11.5 Å². The molecule has 0 aliphatic heterocycles. The van der Waals surface area contributed by atoms with Gasteiger partial charge in [-0.25, -0.2) is 0 Å². The molecule has 0 aliphatic carbocycles. The summed E-state index contributed by atoms with van der Waals surface area (Å²) < 4.78 is 10.5. The van der Waals surface area contributed by atoms with Gasteiger partial charge in [0.1, 0.15) is 11.5 Å². The zero-order chi connectivity index (χ0) is 13.6. The molecule has 1 rings (SSSR count). The van der Waals surface area contributed by atoms with E-state index in [-0.39, 0.29) is 12.1 Å². The fraction of sp³-hybridized carbons (Fsp3) is 0.571. The number of ether oxygens (including phenoxy) is 2. The van der Waals surface area contributed by atoms with Gasteiger partial charge in [0, 0.05) is 5.54 Å². The number of aliphatic hydroxyl groups is 1. The van der Waals surface area contributed by atoms with Crippen LogP contribution < -0.4 is 14.8 Å². The molecular weight excluding hydrogens is 230 g/mol. The maximum atomic E-state index is 9.17. The van der Waals surface area contributed by atoms with Crippen LogP contribution in [0.15, 0.2) is 18.2 Å². The van der Waals surface area contributed by atoms with Crippen LogP contribution >= 0.6 is 0 Å². The standard InChI is InChI=1S/C14H23NO3/c1-14(2,10-16)15-8-7-11-9-12(17-3)5-6-13(11)18-4/h5-6,9,15-16H,7-8,10H2,1-4H3. The van der Waals surface area contributed by atoms with Crippen LogP contribution in [-0.4, -0.2) is 38.0 Å². The molecule has 102 valence electrons. The number of rotatable bonds is 7. The van der Waals surface area contributed by atoms with Crippen molar-refractivity contribution in [2.75, 3.05) is 27.4 Å². The second-order valence-electron chi connectivity index (χ2n) is 4.90. The summed E-state index contributed by atoms with van der Waals surface area (Å²) >= 11 is 0. The maximum absolute atomic E-state index is 9.17. The molecule has 18 heavy (non-hydrogen) atoms. The molecule has 1 aromatic rings. The molecule has 0 radical (unpaired) electrons. The van der Waals surface area contributed by atoms with Gasteiger partial charge >= 0.3 is 0 Å². The molecule has 0 aromatic heterocycles. The molecule has 1 aromatic carbocycles. The fourth-order valence-electron chi connectivity index (χ4n) is 1.67. The fourth-order valence-corrected chi connectivity index (χ4v) is 1.67. The third-order valence-electron chi connectivity index (χ3n) is 2.88. The molecule has 0 saturated carbocycles. The van der Waals surface area contributed by atoms with Crippen molar-refractivity contribution in [1.82, 2.24) is 5.32 Å². The topological polar surface area (TPSA) is 50.7 Å². The normalized spacial score (nSPS) is 11.4. The molecular formula is C14H23NO3. The van der Waals surface area contributed by atoms with E-state index >= 15 is 0 Å². The Morgan fingerprint density at radius 2 is 1.94 bits per heavy atom. The first kappa shape index (κ1) is 14.8. The molecule has 0 fully saturated rings. The lowest BCUT2D eigenvalue weighted by Gasteiger charge is -2.23. The number of hydrogen-bond acceptors (Lipinski definition) is 4. The molecule has 0 saturated heterocycles. The van der Waals surface area contributed by atoms with Crippen LogP contribution in [0, 0.1) is 0 Å². The summed E-state index contributed by atoms with van der Waals surface area (Å²) in [6.45, 7) is 4.82. The summed E-state index contributed by atoms with van der Waals surface area (Å²) in [6, 6.07) is 5.77. The Hall–Kier alpha value is -1.26. The largest absolute Gasteiger partial charge is 0.497 e. The minimum absolute atomic E-state index is 0.113. The Morgan fingerprint density at radius 1 is 1.22 bits per heavy atom. The van der Waals surface area contributed by atoms with E-state index in [0.29, 0.717) is 0 Å². The van der Waals surface area contributed by atoms with Crippen molar-refractivity contribution in [2.45, 2.75) is 25.8 Å². The van der Waals surface area contributed by atoms with Gasteiger partial charge in [0.2, 0.25) is 0 Å². The Kier molecular flexibility index (Phi) is 5.44. The van der Waals surface area contributed by atoms with Crippen LogP contribution in [-0.2, 0) is 6.42 Å². The van der Waals surface area contributed by atoms with Gasteiger partial charge in [-0.15, -0.1) is 0 Å². The first-order valence-corrected chi connectivity index (χ1v) is 6.09. The van der Waals surface area contributed by atoms with Crippen LogP contribution in [0.3, 0.4) is 0 Å². The molecule has 0 amide bonds. The quantitative estimate of drug-likeness (QED) is 0.775. The SMILES string of the molecule is COc1ccc(OC)c(CCNC(C)(C)CO)c1. The van der Waals surface area contributed by atoms with E-state index in [9.17, 15) is 0 Å². The lowest BCUT2D eigenvalue weighted by molar-refractivity contribution is 0.189. The molecule has 0 spiro atoms. The Morgan fingerprint density at radius 3 is 2.50 bits per heavy atom. The van der Waals surface area contributed by atoms with E-state index in [0.717, 1.165) is 30.0 Å². The van der Waals surface area contributed by atoms with Gasteiger partial charge in [0.05, 0.1) is 20.8 Å². The van der Waals surface area contributed by atoms with E-state index in [1.165, 1.54) is 0 Å². The average molecular weight is 253 g/mol. The van der Waals surface area contributed by atoms with Crippen LogP contribution in [0.25, 0.3) is 0 Å². The third-order valence-corrected chi connectivity index (χ3v) is 2.88. The van der Waals surface area contributed by atoms with Crippen molar-refractivity contribution in [3.63, 3.8) is 0 Å². The van der Waals surface area contributed by atoms with Crippen molar-refractivity contribution < 1.29 is 14.6 Å². The van der Waals surface area contributed by atoms with Crippen LogP contribution in [0.2, 0.25) is 0 Å². The monoisotopic (exact) mass is 253 g/mol. The number of hydrogen-bond donors (Lipinski definition) is 2. The van der Waals surface area contributed by atoms with Gasteiger partial charge in [-0.05, 0) is 50.6 Å². The summed E-state index contributed by atoms with van der Waals surface area (Å²) in [6.07, 6.45) is 0.823. The van der Waals surface area contributed by atoms with E-state index < -0.39 is 0 Å². The third kappa shape index (κ3) is 4.20. The summed E-state index contributed by atoms with van der Waals surface area (Å²) in [5, 5.41) is 12.5.